The summed E-state index contributed by atoms with van der Waals surface area (Å²) in [6.45, 7) is 10.6. The van der Waals surface area contributed by atoms with E-state index in [9.17, 15) is 0 Å². The van der Waals surface area contributed by atoms with Gasteiger partial charge in [-0.2, -0.15) is 0 Å². The fraction of sp³-hybridized carbons (Fsp3) is 0.308. The van der Waals surface area contributed by atoms with Gasteiger partial charge in [-0.3, -0.25) is 0 Å². The van der Waals surface area contributed by atoms with Gasteiger partial charge in [-0.05, 0) is 68.9 Å². The molecule has 0 spiro atoms. The molecule has 0 atom stereocenters. The van der Waals surface area contributed by atoms with Gasteiger partial charge in [0.25, 0.3) is 0 Å². The number of nitrogens with one attached hydrogen (secondary N) is 1. The van der Waals surface area contributed by atoms with Gasteiger partial charge < -0.3 is 14.6 Å². The van der Waals surface area contributed by atoms with Gasteiger partial charge in [0.05, 0.1) is 11.2 Å². The Bertz CT molecular complexity index is 1010. The fourth-order valence-electron chi connectivity index (χ4n) is 3.78. The molecule has 0 aliphatic carbocycles. The van der Waals surface area contributed by atoms with Crippen molar-refractivity contribution in [3.05, 3.63) is 78.4 Å². The molecular formula is C26H30BNO2. The van der Waals surface area contributed by atoms with Crippen molar-refractivity contribution >= 4 is 24.0 Å². The summed E-state index contributed by atoms with van der Waals surface area (Å²) in [5.41, 5.74) is 6.20. The largest absolute Gasteiger partial charge is 0.494 e. The van der Waals surface area contributed by atoms with Gasteiger partial charge in [-0.15, -0.1) is 0 Å². The Balaban J connectivity index is 1.74. The van der Waals surface area contributed by atoms with Crippen LogP contribution in [-0.4, -0.2) is 18.3 Å². The summed E-state index contributed by atoms with van der Waals surface area (Å²) in [4.78, 5) is 0. The predicted molar refractivity (Wildman–Crippen MR) is 127 cm³/mol. The molecule has 1 N–H and O–H groups in total. The monoisotopic (exact) mass is 399 g/mol. The van der Waals surface area contributed by atoms with Crippen LogP contribution in [0.25, 0.3) is 11.1 Å². The quantitative estimate of drug-likeness (QED) is 0.537. The Morgan fingerprint density at radius 3 is 2.07 bits per heavy atom. The summed E-state index contributed by atoms with van der Waals surface area (Å²) in [5.74, 6) is 0. The molecule has 4 rings (SSSR count). The van der Waals surface area contributed by atoms with E-state index < -0.39 is 0 Å². The standard InChI is InChI=1S/C26H30BNO2/c1-6-19-16-17-20(27-29-25(2,3)26(4,5)30-27)18-23(19)22-14-10-11-15-24(22)28-21-12-8-7-9-13-21/h7-18,28H,6H2,1-5H3. The molecule has 1 heterocycles. The minimum absolute atomic E-state index is 0.353. The number of anilines is 2. The molecule has 1 fully saturated rings. The van der Waals surface area contributed by atoms with Crippen LogP contribution in [0.3, 0.4) is 0 Å². The summed E-state index contributed by atoms with van der Waals surface area (Å²) < 4.78 is 12.6. The highest BCUT2D eigenvalue weighted by Gasteiger charge is 2.51. The van der Waals surface area contributed by atoms with E-state index in [0.717, 1.165) is 23.3 Å². The van der Waals surface area contributed by atoms with E-state index >= 15 is 0 Å². The first-order chi connectivity index (χ1) is 14.3. The van der Waals surface area contributed by atoms with Crippen LogP contribution in [0.4, 0.5) is 11.4 Å². The highest BCUT2D eigenvalue weighted by molar-refractivity contribution is 6.62. The topological polar surface area (TPSA) is 30.5 Å². The van der Waals surface area contributed by atoms with Crippen molar-refractivity contribution in [2.24, 2.45) is 0 Å². The van der Waals surface area contributed by atoms with Crippen molar-refractivity contribution in [1.29, 1.82) is 0 Å². The van der Waals surface area contributed by atoms with Crippen molar-refractivity contribution in [1.82, 2.24) is 0 Å². The van der Waals surface area contributed by atoms with Crippen molar-refractivity contribution in [2.45, 2.75) is 52.2 Å². The zero-order valence-electron chi connectivity index (χ0n) is 18.5. The van der Waals surface area contributed by atoms with E-state index in [2.05, 4.69) is 94.5 Å². The van der Waals surface area contributed by atoms with Crippen LogP contribution >= 0.6 is 0 Å². The summed E-state index contributed by atoms with van der Waals surface area (Å²) in [7, 11) is -0.367. The van der Waals surface area contributed by atoms with Gasteiger partial charge in [0.2, 0.25) is 0 Å². The zero-order chi connectivity index (χ0) is 21.4. The minimum atomic E-state index is -0.367. The molecule has 30 heavy (non-hydrogen) atoms. The van der Waals surface area contributed by atoms with E-state index in [1.807, 2.05) is 18.2 Å². The van der Waals surface area contributed by atoms with Crippen LogP contribution in [0.2, 0.25) is 0 Å². The highest BCUT2D eigenvalue weighted by atomic mass is 16.7. The third-order valence-electron chi connectivity index (χ3n) is 6.31. The molecular weight excluding hydrogens is 369 g/mol. The Labute approximate surface area is 180 Å². The number of aryl methyl sites for hydroxylation is 1. The molecule has 1 saturated heterocycles. The van der Waals surface area contributed by atoms with Crippen molar-refractivity contribution in [2.75, 3.05) is 5.32 Å². The average Bonchev–Trinajstić information content (AvgIpc) is 2.96. The normalized spacial score (nSPS) is 17.2. The summed E-state index contributed by atoms with van der Waals surface area (Å²) >= 11 is 0. The molecule has 1 aliphatic heterocycles. The Hall–Kier alpha value is -2.56. The van der Waals surface area contributed by atoms with Crippen LogP contribution in [0, 0.1) is 0 Å². The lowest BCUT2D eigenvalue weighted by atomic mass is 9.76. The maximum absolute atomic E-state index is 6.30. The van der Waals surface area contributed by atoms with Crippen molar-refractivity contribution in [3.63, 3.8) is 0 Å². The molecule has 0 bridgehead atoms. The molecule has 0 aromatic heterocycles. The lowest BCUT2D eigenvalue weighted by Crippen LogP contribution is -2.41. The van der Waals surface area contributed by atoms with E-state index in [1.54, 1.807) is 0 Å². The zero-order valence-corrected chi connectivity index (χ0v) is 18.5. The van der Waals surface area contributed by atoms with Crippen LogP contribution in [0.5, 0.6) is 0 Å². The third-order valence-corrected chi connectivity index (χ3v) is 6.31. The van der Waals surface area contributed by atoms with E-state index in [1.165, 1.54) is 16.7 Å². The van der Waals surface area contributed by atoms with Crippen LogP contribution in [-0.2, 0) is 15.7 Å². The molecule has 3 nitrogen and oxygen atoms in total. The number of para-hydroxylation sites is 2. The van der Waals surface area contributed by atoms with Gasteiger partial charge in [0, 0.05) is 16.9 Å². The maximum atomic E-state index is 6.30. The van der Waals surface area contributed by atoms with Crippen LogP contribution in [0.15, 0.2) is 72.8 Å². The molecule has 0 radical (unpaired) electrons. The molecule has 3 aromatic carbocycles. The number of hydrogen-bond acceptors (Lipinski definition) is 3. The average molecular weight is 399 g/mol. The SMILES string of the molecule is CCc1ccc(B2OC(C)(C)C(C)(C)O2)cc1-c1ccccc1Nc1ccccc1. The number of benzene rings is 3. The lowest BCUT2D eigenvalue weighted by Gasteiger charge is -2.32. The first-order valence-corrected chi connectivity index (χ1v) is 10.7. The second-order valence-electron chi connectivity index (χ2n) is 8.89. The number of rotatable bonds is 5. The molecule has 0 saturated carbocycles. The summed E-state index contributed by atoms with van der Waals surface area (Å²) in [5, 5.41) is 3.57. The minimum Gasteiger partial charge on any atom is -0.399 e. The Morgan fingerprint density at radius 1 is 0.767 bits per heavy atom. The summed E-state index contributed by atoms with van der Waals surface area (Å²) in [6.07, 6.45) is 0.957. The summed E-state index contributed by atoms with van der Waals surface area (Å²) in [6, 6.07) is 25.3. The first kappa shape index (κ1) is 20.7. The van der Waals surface area contributed by atoms with Gasteiger partial charge >= 0.3 is 7.12 Å². The smallest absolute Gasteiger partial charge is 0.399 e. The first-order valence-electron chi connectivity index (χ1n) is 10.7. The second-order valence-corrected chi connectivity index (χ2v) is 8.89. The van der Waals surface area contributed by atoms with E-state index in [0.29, 0.717) is 0 Å². The molecule has 154 valence electrons. The Kier molecular flexibility index (Phi) is 5.48. The molecule has 3 aromatic rings. The lowest BCUT2D eigenvalue weighted by molar-refractivity contribution is 0.00578. The van der Waals surface area contributed by atoms with Gasteiger partial charge in [0.1, 0.15) is 0 Å². The highest BCUT2D eigenvalue weighted by Crippen LogP contribution is 2.37. The van der Waals surface area contributed by atoms with Crippen LogP contribution < -0.4 is 10.8 Å². The van der Waals surface area contributed by atoms with Gasteiger partial charge in [0.15, 0.2) is 0 Å². The molecule has 4 heteroatoms. The molecule has 0 amide bonds. The third kappa shape index (κ3) is 3.90. The van der Waals surface area contributed by atoms with Gasteiger partial charge in [-0.1, -0.05) is 61.5 Å². The maximum Gasteiger partial charge on any atom is 0.494 e. The second kappa shape index (κ2) is 7.94. The van der Waals surface area contributed by atoms with Crippen molar-refractivity contribution in [3.8, 4) is 11.1 Å². The van der Waals surface area contributed by atoms with Gasteiger partial charge in [-0.25, -0.2) is 0 Å². The molecule has 0 unspecified atom stereocenters. The number of hydrogen-bond donors (Lipinski definition) is 1. The predicted octanol–water partition coefficient (Wildman–Crippen LogP) is 5.96. The Morgan fingerprint density at radius 2 is 1.40 bits per heavy atom. The van der Waals surface area contributed by atoms with E-state index in [-0.39, 0.29) is 18.3 Å². The van der Waals surface area contributed by atoms with Crippen LogP contribution in [0.1, 0.15) is 40.2 Å². The van der Waals surface area contributed by atoms with Crippen molar-refractivity contribution < 1.29 is 9.31 Å². The fourth-order valence-corrected chi connectivity index (χ4v) is 3.78. The molecule has 1 aliphatic rings. The van der Waals surface area contributed by atoms with E-state index in [4.69, 9.17) is 9.31 Å².